The van der Waals surface area contributed by atoms with Crippen molar-refractivity contribution in [3.8, 4) is 11.5 Å². The minimum atomic E-state index is -0.286. The molecule has 7 heteroatoms. The number of aryl methyl sites for hydroxylation is 2. The Labute approximate surface area is 192 Å². The summed E-state index contributed by atoms with van der Waals surface area (Å²) >= 11 is 12.6. The third-order valence-electron chi connectivity index (χ3n) is 4.61. The molecular formula is C24H24Cl2N2O3. The smallest absolute Gasteiger partial charge is 0.262 e. The molecule has 0 aromatic heterocycles. The number of carbonyl (C=O) groups is 1. The number of nitrogens with one attached hydrogen (secondary N) is 2. The van der Waals surface area contributed by atoms with Gasteiger partial charge in [-0.2, -0.15) is 0 Å². The first-order valence-electron chi connectivity index (χ1n) is 9.71. The van der Waals surface area contributed by atoms with Crippen LogP contribution in [0.1, 0.15) is 16.7 Å². The molecule has 3 aromatic rings. The van der Waals surface area contributed by atoms with Gasteiger partial charge in [-0.05, 0) is 66.9 Å². The highest BCUT2D eigenvalue weighted by molar-refractivity contribution is 6.32. The first kappa shape index (κ1) is 22.8. The Morgan fingerprint density at radius 2 is 1.77 bits per heavy atom. The highest BCUT2D eigenvalue weighted by Gasteiger charge is 2.14. The van der Waals surface area contributed by atoms with Crippen molar-refractivity contribution in [3.05, 3.63) is 81.3 Å². The molecule has 0 radical (unpaired) electrons. The van der Waals surface area contributed by atoms with E-state index in [0.717, 1.165) is 22.4 Å². The van der Waals surface area contributed by atoms with Crippen LogP contribution in [-0.4, -0.2) is 19.6 Å². The average Bonchev–Trinajstić information content (AvgIpc) is 2.73. The number of ether oxygens (including phenoxy) is 2. The monoisotopic (exact) mass is 458 g/mol. The van der Waals surface area contributed by atoms with Gasteiger partial charge in [0.15, 0.2) is 18.1 Å². The number of anilines is 2. The van der Waals surface area contributed by atoms with Gasteiger partial charge < -0.3 is 20.1 Å². The molecule has 0 aliphatic heterocycles. The summed E-state index contributed by atoms with van der Waals surface area (Å²) in [5.41, 5.74) is 4.59. The predicted octanol–water partition coefficient (Wildman–Crippen LogP) is 6.25. The minimum Gasteiger partial charge on any atom is -0.493 e. The van der Waals surface area contributed by atoms with E-state index in [9.17, 15) is 4.79 Å². The van der Waals surface area contributed by atoms with Gasteiger partial charge in [0.25, 0.3) is 5.91 Å². The molecule has 0 aliphatic rings. The molecule has 31 heavy (non-hydrogen) atoms. The fourth-order valence-electron chi connectivity index (χ4n) is 2.98. The van der Waals surface area contributed by atoms with Gasteiger partial charge in [-0.1, -0.05) is 41.4 Å². The molecule has 0 saturated carbocycles. The number of methoxy groups -OCH3 is 1. The Morgan fingerprint density at radius 1 is 0.968 bits per heavy atom. The molecule has 162 valence electrons. The summed E-state index contributed by atoms with van der Waals surface area (Å²) in [7, 11) is 1.53. The maximum atomic E-state index is 12.2. The van der Waals surface area contributed by atoms with Crippen molar-refractivity contribution in [2.45, 2.75) is 20.4 Å². The van der Waals surface area contributed by atoms with Crippen LogP contribution in [0, 0.1) is 13.8 Å². The number of hydrogen-bond acceptors (Lipinski definition) is 4. The number of amides is 1. The Balaban J connectivity index is 1.64. The number of halogens is 2. The molecule has 0 atom stereocenters. The van der Waals surface area contributed by atoms with Crippen LogP contribution in [0.15, 0.2) is 54.6 Å². The first-order chi connectivity index (χ1) is 14.9. The fourth-order valence-corrected chi connectivity index (χ4v) is 3.45. The van der Waals surface area contributed by atoms with E-state index >= 15 is 0 Å². The summed E-state index contributed by atoms with van der Waals surface area (Å²) in [5, 5.41) is 7.17. The highest BCUT2D eigenvalue weighted by atomic mass is 35.5. The number of hydrogen-bond donors (Lipinski definition) is 2. The molecule has 0 saturated heterocycles. The maximum absolute atomic E-state index is 12.2. The Kier molecular flexibility index (Phi) is 7.66. The molecule has 0 bridgehead atoms. The van der Waals surface area contributed by atoms with Gasteiger partial charge in [-0.3, -0.25) is 4.79 Å². The quantitative estimate of drug-likeness (QED) is 0.418. The van der Waals surface area contributed by atoms with E-state index in [2.05, 4.69) is 10.6 Å². The fraction of sp³-hybridized carbons (Fsp3) is 0.208. The zero-order valence-corrected chi connectivity index (χ0v) is 19.1. The second-order valence-electron chi connectivity index (χ2n) is 7.13. The molecule has 0 aliphatic carbocycles. The second-order valence-corrected chi connectivity index (χ2v) is 7.95. The minimum absolute atomic E-state index is 0.191. The van der Waals surface area contributed by atoms with Gasteiger partial charge in [-0.25, -0.2) is 0 Å². The average molecular weight is 459 g/mol. The van der Waals surface area contributed by atoms with Crippen LogP contribution in [-0.2, 0) is 11.3 Å². The number of benzene rings is 3. The van der Waals surface area contributed by atoms with Crippen LogP contribution < -0.4 is 20.1 Å². The third-order valence-corrected chi connectivity index (χ3v) is 5.30. The van der Waals surface area contributed by atoms with Crippen LogP contribution in [0.2, 0.25) is 10.0 Å². The topological polar surface area (TPSA) is 59.6 Å². The lowest BCUT2D eigenvalue weighted by Crippen LogP contribution is -2.20. The first-order valence-corrected chi connectivity index (χ1v) is 10.5. The summed E-state index contributed by atoms with van der Waals surface area (Å²) in [6.45, 7) is 4.24. The lowest BCUT2D eigenvalue weighted by molar-refractivity contribution is -0.118. The van der Waals surface area contributed by atoms with E-state index in [-0.39, 0.29) is 12.5 Å². The van der Waals surface area contributed by atoms with E-state index in [4.69, 9.17) is 32.7 Å². The zero-order chi connectivity index (χ0) is 22.4. The van der Waals surface area contributed by atoms with Crippen LogP contribution in [0.3, 0.4) is 0 Å². The second kappa shape index (κ2) is 10.4. The number of carbonyl (C=O) groups excluding carboxylic acids is 1. The Morgan fingerprint density at radius 3 is 2.48 bits per heavy atom. The van der Waals surface area contributed by atoms with Crippen molar-refractivity contribution >= 4 is 40.5 Å². The van der Waals surface area contributed by atoms with Crippen molar-refractivity contribution in [3.63, 3.8) is 0 Å². The lowest BCUT2D eigenvalue weighted by Gasteiger charge is -2.15. The van der Waals surface area contributed by atoms with E-state index in [1.165, 1.54) is 7.11 Å². The molecular weight excluding hydrogens is 435 g/mol. The lowest BCUT2D eigenvalue weighted by atomic mass is 10.1. The number of rotatable bonds is 8. The highest BCUT2D eigenvalue weighted by Crippen LogP contribution is 2.36. The van der Waals surface area contributed by atoms with Crippen molar-refractivity contribution < 1.29 is 14.3 Å². The van der Waals surface area contributed by atoms with Crippen LogP contribution in [0.25, 0.3) is 0 Å². The van der Waals surface area contributed by atoms with Gasteiger partial charge in [0.05, 0.1) is 12.1 Å². The normalized spacial score (nSPS) is 10.5. The summed E-state index contributed by atoms with van der Waals surface area (Å²) in [5.74, 6) is 0.492. The predicted molar refractivity (Wildman–Crippen MR) is 127 cm³/mol. The van der Waals surface area contributed by atoms with Crippen LogP contribution in [0.5, 0.6) is 11.5 Å². The van der Waals surface area contributed by atoms with E-state index in [0.29, 0.717) is 33.8 Å². The standard InChI is InChI=1S/C24H24Cl2N2O3/c1-15-5-4-6-19(9-15)28-23(29)14-31-24-21(26)10-17(11-22(24)30-3)13-27-18-8-7-16(2)20(25)12-18/h4-12,27H,13-14H2,1-3H3,(H,28,29). The van der Waals surface area contributed by atoms with Gasteiger partial charge in [-0.15, -0.1) is 0 Å². The summed E-state index contributed by atoms with van der Waals surface area (Å²) in [4.78, 5) is 12.2. The van der Waals surface area contributed by atoms with E-state index in [1.807, 2.05) is 62.4 Å². The van der Waals surface area contributed by atoms with Crippen molar-refractivity contribution in [2.75, 3.05) is 24.4 Å². The van der Waals surface area contributed by atoms with E-state index in [1.54, 1.807) is 6.07 Å². The summed E-state index contributed by atoms with van der Waals surface area (Å²) in [6.07, 6.45) is 0. The third kappa shape index (κ3) is 6.29. The van der Waals surface area contributed by atoms with Crippen molar-refractivity contribution in [2.24, 2.45) is 0 Å². The summed E-state index contributed by atoms with van der Waals surface area (Å²) in [6, 6.07) is 16.9. The maximum Gasteiger partial charge on any atom is 0.262 e. The van der Waals surface area contributed by atoms with Gasteiger partial charge in [0.1, 0.15) is 0 Å². The Bertz CT molecular complexity index is 1090. The van der Waals surface area contributed by atoms with Crippen molar-refractivity contribution in [1.29, 1.82) is 0 Å². The molecule has 2 N–H and O–H groups in total. The zero-order valence-electron chi connectivity index (χ0n) is 17.6. The molecule has 3 aromatic carbocycles. The van der Waals surface area contributed by atoms with E-state index < -0.39 is 0 Å². The SMILES string of the molecule is COc1cc(CNc2ccc(C)c(Cl)c2)cc(Cl)c1OCC(=O)Nc1cccc(C)c1. The summed E-state index contributed by atoms with van der Waals surface area (Å²) < 4.78 is 11.1. The molecule has 3 rings (SSSR count). The molecule has 0 heterocycles. The van der Waals surface area contributed by atoms with Crippen LogP contribution in [0.4, 0.5) is 11.4 Å². The van der Waals surface area contributed by atoms with Gasteiger partial charge in [0.2, 0.25) is 0 Å². The molecule has 1 amide bonds. The molecule has 0 unspecified atom stereocenters. The Hall–Kier alpha value is -2.89. The van der Waals surface area contributed by atoms with Gasteiger partial charge in [0, 0.05) is 22.9 Å². The van der Waals surface area contributed by atoms with Gasteiger partial charge >= 0.3 is 0 Å². The van der Waals surface area contributed by atoms with Crippen molar-refractivity contribution in [1.82, 2.24) is 0 Å². The molecule has 0 spiro atoms. The molecule has 0 fully saturated rings. The van der Waals surface area contributed by atoms with Crippen LogP contribution >= 0.6 is 23.2 Å². The molecule has 5 nitrogen and oxygen atoms in total. The largest absolute Gasteiger partial charge is 0.493 e.